The van der Waals surface area contributed by atoms with E-state index in [9.17, 15) is 4.79 Å². The number of rotatable bonds is 8. The van der Waals surface area contributed by atoms with E-state index in [2.05, 4.69) is 17.2 Å². The predicted molar refractivity (Wildman–Crippen MR) is 80.9 cm³/mol. The molecular formula is C14H18Cl2N2O. The summed E-state index contributed by atoms with van der Waals surface area (Å²) in [7, 11) is 0. The molecular weight excluding hydrogens is 283 g/mol. The average molecular weight is 301 g/mol. The number of amides is 1. The van der Waals surface area contributed by atoms with Crippen molar-refractivity contribution in [2.75, 3.05) is 19.6 Å². The second-order valence-electron chi connectivity index (χ2n) is 4.08. The van der Waals surface area contributed by atoms with E-state index in [4.69, 9.17) is 23.2 Å². The van der Waals surface area contributed by atoms with Crippen LogP contribution in [0.15, 0.2) is 30.9 Å². The maximum Gasteiger partial charge on any atom is 0.221 e. The standard InChI is InChI=1S/C14H18Cl2N2O/c1-2-7-17-8-6-14(19)18-9-5-11-3-4-12(15)10-13(11)16/h2-4,10,17H,1,5-9H2,(H,18,19). The van der Waals surface area contributed by atoms with Crippen LogP contribution in [0.5, 0.6) is 0 Å². The number of nitrogens with one attached hydrogen (secondary N) is 2. The normalized spacial score (nSPS) is 10.2. The van der Waals surface area contributed by atoms with Crippen molar-refractivity contribution in [3.63, 3.8) is 0 Å². The topological polar surface area (TPSA) is 41.1 Å². The summed E-state index contributed by atoms with van der Waals surface area (Å²) in [5.41, 5.74) is 0.983. The minimum Gasteiger partial charge on any atom is -0.356 e. The van der Waals surface area contributed by atoms with Gasteiger partial charge in [-0.1, -0.05) is 35.3 Å². The molecule has 0 saturated heterocycles. The van der Waals surface area contributed by atoms with Gasteiger partial charge in [0.15, 0.2) is 0 Å². The Morgan fingerprint density at radius 2 is 2.11 bits per heavy atom. The average Bonchev–Trinajstić information content (AvgIpc) is 2.37. The van der Waals surface area contributed by atoms with Crippen molar-refractivity contribution in [1.82, 2.24) is 10.6 Å². The van der Waals surface area contributed by atoms with E-state index in [1.165, 1.54) is 0 Å². The Hall–Kier alpha value is -1.03. The quantitative estimate of drug-likeness (QED) is 0.572. The Morgan fingerprint density at radius 3 is 2.79 bits per heavy atom. The molecule has 1 amide bonds. The highest BCUT2D eigenvalue weighted by Gasteiger charge is 2.03. The third-order valence-electron chi connectivity index (χ3n) is 2.55. The van der Waals surface area contributed by atoms with Crippen LogP contribution in [0.1, 0.15) is 12.0 Å². The summed E-state index contributed by atoms with van der Waals surface area (Å²) >= 11 is 11.9. The second-order valence-corrected chi connectivity index (χ2v) is 4.92. The molecule has 0 aliphatic carbocycles. The predicted octanol–water partition coefficient (Wildman–Crippen LogP) is 2.82. The zero-order valence-electron chi connectivity index (χ0n) is 10.7. The number of benzene rings is 1. The van der Waals surface area contributed by atoms with Crippen molar-refractivity contribution in [2.24, 2.45) is 0 Å². The van der Waals surface area contributed by atoms with Crippen molar-refractivity contribution in [1.29, 1.82) is 0 Å². The summed E-state index contributed by atoms with van der Waals surface area (Å²) in [4.78, 5) is 11.5. The largest absolute Gasteiger partial charge is 0.356 e. The van der Waals surface area contributed by atoms with Gasteiger partial charge in [0.05, 0.1) is 0 Å². The molecule has 1 aromatic rings. The third kappa shape index (κ3) is 6.62. The molecule has 2 N–H and O–H groups in total. The van der Waals surface area contributed by atoms with Crippen LogP contribution in [0.3, 0.4) is 0 Å². The van der Waals surface area contributed by atoms with Crippen LogP contribution >= 0.6 is 23.2 Å². The molecule has 0 aromatic heterocycles. The third-order valence-corrected chi connectivity index (χ3v) is 3.14. The lowest BCUT2D eigenvalue weighted by molar-refractivity contribution is -0.120. The maximum absolute atomic E-state index is 11.5. The summed E-state index contributed by atoms with van der Waals surface area (Å²) in [5.74, 6) is 0.0293. The Balaban J connectivity index is 2.22. The Morgan fingerprint density at radius 1 is 1.32 bits per heavy atom. The summed E-state index contributed by atoms with van der Waals surface area (Å²) in [6.07, 6.45) is 2.92. The minimum atomic E-state index is 0.0293. The smallest absolute Gasteiger partial charge is 0.221 e. The number of halogens is 2. The van der Waals surface area contributed by atoms with Gasteiger partial charge in [0.1, 0.15) is 0 Å². The van der Waals surface area contributed by atoms with Crippen LogP contribution in [-0.4, -0.2) is 25.5 Å². The van der Waals surface area contributed by atoms with Gasteiger partial charge in [-0.15, -0.1) is 6.58 Å². The van der Waals surface area contributed by atoms with Gasteiger partial charge in [-0.05, 0) is 24.1 Å². The molecule has 0 saturated carbocycles. The van der Waals surface area contributed by atoms with Crippen molar-refractivity contribution in [3.8, 4) is 0 Å². The summed E-state index contributed by atoms with van der Waals surface area (Å²) in [5, 5.41) is 7.18. The van der Waals surface area contributed by atoms with Crippen LogP contribution in [0.4, 0.5) is 0 Å². The second kappa shape index (κ2) is 8.97. The van der Waals surface area contributed by atoms with E-state index in [0.29, 0.717) is 42.5 Å². The van der Waals surface area contributed by atoms with Crippen molar-refractivity contribution in [3.05, 3.63) is 46.5 Å². The van der Waals surface area contributed by atoms with Gasteiger partial charge in [-0.3, -0.25) is 4.79 Å². The Labute approximate surface area is 124 Å². The van der Waals surface area contributed by atoms with Crippen molar-refractivity contribution >= 4 is 29.1 Å². The van der Waals surface area contributed by atoms with E-state index < -0.39 is 0 Å². The zero-order chi connectivity index (χ0) is 14.1. The summed E-state index contributed by atoms with van der Waals surface area (Å²) in [6.45, 7) is 5.53. The number of hydrogen-bond donors (Lipinski definition) is 2. The lowest BCUT2D eigenvalue weighted by atomic mass is 10.1. The van der Waals surface area contributed by atoms with Gasteiger partial charge in [-0.2, -0.15) is 0 Å². The van der Waals surface area contributed by atoms with Crippen molar-refractivity contribution in [2.45, 2.75) is 12.8 Å². The van der Waals surface area contributed by atoms with E-state index in [-0.39, 0.29) is 5.91 Å². The molecule has 1 aromatic carbocycles. The van der Waals surface area contributed by atoms with Gasteiger partial charge in [0.2, 0.25) is 5.91 Å². The first kappa shape index (κ1) is 16.0. The highest BCUT2D eigenvalue weighted by molar-refractivity contribution is 6.35. The van der Waals surface area contributed by atoms with Crippen LogP contribution in [0, 0.1) is 0 Å². The van der Waals surface area contributed by atoms with Crippen LogP contribution < -0.4 is 10.6 Å². The van der Waals surface area contributed by atoms with Crippen LogP contribution in [0.2, 0.25) is 10.0 Å². The highest BCUT2D eigenvalue weighted by atomic mass is 35.5. The Bertz CT molecular complexity index is 435. The molecule has 3 nitrogen and oxygen atoms in total. The van der Waals surface area contributed by atoms with Gasteiger partial charge in [0, 0.05) is 36.1 Å². The highest BCUT2D eigenvalue weighted by Crippen LogP contribution is 2.20. The molecule has 0 heterocycles. The fraction of sp³-hybridized carbons (Fsp3) is 0.357. The fourth-order valence-corrected chi connectivity index (χ4v) is 2.06. The zero-order valence-corrected chi connectivity index (χ0v) is 12.2. The monoisotopic (exact) mass is 300 g/mol. The molecule has 0 atom stereocenters. The maximum atomic E-state index is 11.5. The van der Waals surface area contributed by atoms with E-state index >= 15 is 0 Å². The molecule has 0 spiro atoms. The van der Waals surface area contributed by atoms with Crippen molar-refractivity contribution < 1.29 is 4.79 Å². The van der Waals surface area contributed by atoms with E-state index in [1.54, 1.807) is 18.2 Å². The van der Waals surface area contributed by atoms with E-state index in [0.717, 1.165) is 5.56 Å². The molecule has 0 aliphatic heterocycles. The van der Waals surface area contributed by atoms with Crippen LogP contribution in [-0.2, 0) is 11.2 Å². The summed E-state index contributed by atoms with van der Waals surface area (Å²) in [6, 6.07) is 5.38. The SMILES string of the molecule is C=CCNCCC(=O)NCCc1ccc(Cl)cc1Cl. The minimum absolute atomic E-state index is 0.0293. The lowest BCUT2D eigenvalue weighted by Crippen LogP contribution is -2.29. The molecule has 0 radical (unpaired) electrons. The Kier molecular flexibility index (Phi) is 7.56. The number of carbonyl (C=O) groups excluding carboxylic acids is 1. The molecule has 104 valence electrons. The molecule has 0 fully saturated rings. The number of carbonyl (C=O) groups is 1. The van der Waals surface area contributed by atoms with Gasteiger partial charge < -0.3 is 10.6 Å². The lowest BCUT2D eigenvalue weighted by Gasteiger charge is -2.07. The van der Waals surface area contributed by atoms with Crippen LogP contribution in [0.25, 0.3) is 0 Å². The first-order valence-corrected chi connectivity index (χ1v) is 6.91. The van der Waals surface area contributed by atoms with Gasteiger partial charge in [-0.25, -0.2) is 0 Å². The molecule has 5 heteroatoms. The fourth-order valence-electron chi connectivity index (χ4n) is 1.56. The first-order chi connectivity index (χ1) is 9.13. The van der Waals surface area contributed by atoms with E-state index in [1.807, 2.05) is 6.07 Å². The summed E-state index contributed by atoms with van der Waals surface area (Å²) < 4.78 is 0. The molecule has 0 bridgehead atoms. The molecule has 1 rings (SSSR count). The first-order valence-electron chi connectivity index (χ1n) is 6.15. The molecule has 0 aliphatic rings. The number of hydrogen-bond acceptors (Lipinski definition) is 2. The van der Waals surface area contributed by atoms with Gasteiger partial charge in [0.25, 0.3) is 0 Å². The molecule has 0 unspecified atom stereocenters. The molecule has 19 heavy (non-hydrogen) atoms. The van der Waals surface area contributed by atoms with Gasteiger partial charge >= 0.3 is 0 Å².